The molecule has 2 heterocycles. The number of nitrogens with one attached hydrogen (secondary N) is 1. The maximum atomic E-state index is 11.4. The Morgan fingerprint density at radius 2 is 2.60 bits per heavy atom. The van der Waals surface area contributed by atoms with Gasteiger partial charge in [-0.05, 0) is 19.3 Å². The first-order chi connectivity index (χ1) is 7.31. The molecule has 5 heteroatoms. The molecule has 0 radical (unpaired) electrons. The van der Waals surface area contributed by atoms with Gasteiger partial charge in [-0.1, -0.05) is 13.3 Å². The normalized spacial score (nSPS) is 26.7. The first-order valence-electron chi connectivity index (χ1n) is 5.54. The van der Waals surface area contributed by atoms with Crippen molar-refractivity contribution in [2.45, 2.75) is 44.8 Å². The van der Waals surface area contributed by atoms with Gasteiger partial charge >= 0.3 is 5.69 Å². The molecule has 1 aromatic rings. The van der Waals surface area contributed by atoms with E-state index in [2.05, 4.69) is 17.1 Å². The lowest BCUT2D eigenvalue weighted by molar-refractivity contribution is -0.0107. The van der Waals surface area contributed by atoms with Crippen LogP contribution in [0.2, 0.25) is 0 Å². The molecule has 0 amide bonds. The zero-order chi connectivity index (χ0) is 10.7. The minimum absolute atomic E-state index is 0.114. The minimum Gasteiger partial charge on any atom is -0.378 e. The fourth-order valence-electron chi connectivity index (χ4n) is 2.15. The maximum absolute atomic E-state index is 11.4. The third-order valence-electron chi connectivity index (χ3n) is 2.92. The van der Waals surface area contributed by atoms with Crippen molar-refractivity contribution < 1.29 is 4.74 Å². The van der Waals surface area contributed by atoms with Gasteiger partial charge in [0.25, 0.3) is 0 Å². The summed E-state index contributed by atoms with van der Waals surface area (Å²) in [7, 11) is 0. The van der Waals surface area contributed by atoms with E-state index in [0.29, 0.717) is 6.10 Å². The summed E-state index contributed by atoms with van der Waals surface area (Å²) in [5.41, 5.74) is -0.114. The van der Waals surface area contributed by atoms with Crippen LogP contribution in [0.1, 0.15) is 38.6 Å². The van der Waals surface area contributed by atoms with E-state index in [-0.39, 0.29) is 11.7 Å². The summed E-state index contributed by atoms with van der Waals surface area (Å²) in [4.78, 5) is 11.4. The van der Waals surface area contributed by atoms with Crippen LogP contribution in [0.25, 0.3) is 0 Å². The molecule has 1 fully saturated rings. The van der Waals surface area contributed by atoms with Crippen LogP contribution in [0.5, 0.6) is 0 Å². The zero-order valence-electron chi connectivity index (χ0n) is 8.98. The molecule has 2 rings (SSSR count). The summed E-state index contributed by atoms with van der Waals surface area (Å²) in [6.45, 7) is 2.89. The highest BCUT2D eigenvalue weighted by molar-refractivity contribution is 4.79. The van der Waals surface area contributed by atoms with Gasteiger partial charge in [-0.15, -0.1) is 0 Å². The SMILES string of the molecule is CCCC1CC(n2cn[nH]c2=O)CCO1. The summed E-state index contributed by atoms with van der Waals surface area (Å²) in [5, 5.41) is 6.18. The average Bonchev–Trinajstić information content (AvgIpc) is 2.65. The third-order valence-corrected chi connectivity index (χ3v) is 2.92. The summed E-state index contributed by atoms with van der Waals surface area (Å²) in [6.07, 6.45) is 5.91. The van der Waals surface area contributed by atoms with Gasteiger partial charge in [0.2, 0.25) is 0 Å². The van der Waals surface area contributed by atoms with Crippen LogP contribution in [0.15, 0.2) is 11.1 Å². The standard InChI is InChI=1S/C10H17N3O2/c1-2-3-9-6-8(4-5-15-9)13-7-11-12-10(13)14/h7-9H,2-6H2,1H3,(H,12,14). The van der Waals surface area contributed by atoms with Crippen molar-refractivity contribution in [3.05, 3.63) is 16.8 Å². The molecule has 1 aliphatic heterocycles. The van der Waals surface area contributed by atoms with Crippen molar-refractivity contribution in [2.75, 3.05) is 6.61 Å². The Morgan fingerprint density at radius 1 is 1.73 bits per heavy atom. The number of aromatic nitrogens is 3. The first kappa shape index (κ1) is 10.4. The summed E-state index contributed by atoms with van der Waals surface area (Å²) >= 11 is 0. The van der Waals surface area contributed by atoms with E-state index in [0.717, 1.165) is 32.3 Å². The summed E-state index contributed by atoms with van der Waals surface area (Å²) in [5.74, 6) is 0. The van der Waals surface area contributed by atoms with Crippen molar-refractivity contribution in [2.24, 2.45) is 0 Å². The number of nitrogens with zero attached hydrogens (tertiary/aromatic N) is 2. The van der Waals surface area contributed by atoms with Crippen molar-refractivity contribution in [3.8, 4) is 0 Å². The lowest BCUT2D eigenvalue weighted by Gasteiger charge is -2.29. The van der Waals surface area contributed by atoms with Gasteiger partial charge < -0.3 is 4.74 Å². The van der Waals surface area contributed by atoms with Crippen LogP contribution < -0.4 is 5.69 Å². The van der Waals surface area contributed by atoms with E-state index >= 15 is 0 Å². The Kier molecular flexibility index (Phi) is 3.20. The van der Waals surface area contributed by atoms with Crippen LogP contribution in [0.3, 0.4) is 0 Å². The topological polar surface area (TPSA) is 59.9 Å². The van der Waals surface area contributed by atoms with Crippen LogP contribution >= 0.6 is 0 Å². The van der Waals surface area contributed by atoms with Crippen molar-refractivity contribution in [1.29, 1.82) is 0 Å². The lowest BCUT2D eigenvalue weighted by Crippen LogP contribution is -2.31. The maximum Gasteiger partial charge on any atom is 0.343 e. The Hall–Kier alpha value is -1.10. The van der Waals surface area contributed by atoms with Gasteiger partial charge in [0.05, 0.1) is 6.10 Å². The highest BCUT2D eigenvalue weighted by Crippen LogP contribution is 2.25. The first-order valence-corrected chi connectivity index (χ1v) is 5.54. The van der Waals surface area contributed by atoms with Crippen molar-refractivity contribution in [1.82, 2.24) is 14.8 Å². The fraction of sp³-hybridized carbons (Fsp3) is 0.800. The van der Waals surface area contributed by atoms with Crippen molar-refractivity contribution >= 4 is 0 Å². The molecule has 5 nitrogen and oxygen atoms in total. The second-order valence-electron chi connectivity index (χ2n) is 4.03. The quantitative estimate of drug-likeness (QED) is 0.814. The largest absolute Gasteiger partial charge is 0.378 e. The second-order valence-corrected chi connectivity index (χ2v) is 4.03. The molecule has 0 saturated carbocycles. The van der Waals surface area contributed by atoms with E-state index in [1.165, 1.54) is 0 Å². The van der Waals surface area contributed by atoms with E-state index in [1.54, 1.807) is 10.9 Å². The third kappa shape index (κ3) is 2.28. The van der Waals surface area contributed by atoms with Gasteiger partial charge in [-0.2, -0.15) is 5.10 Å². The van der Waals surface area contributed by atoms with Gasteiger partial charge in [0, 0.05) is 12.6 Å². The fourth-order valence-corrected chi connectivity index (χ4v) is 2.15. The number of rotatable bonds is 3. The second kappa shape index (κ2) is 4.61. The molecule has 2 atom stereocenters. The molecule has 0 aliphatic carbocycles. The smallest absolute Gasteiger partial charge is 0.343 e. The van der Waals surface area contributed by atoms with Crippen LogP contribution in [-0.2, 0) is 4.74 Å². The van der Waals surface area contributed by atoms with Gasteiger partial charge in [-0.25, -0.2) is 9.89 Å². The molecule has 0 spiro atoms. The van der Waals surface area contributed by atoms with Crippen LogP contribution in [0, 0.1) is 0 Å². The molecule has 0 aromatic carbocycles. The Labute approximate surface area is 88.4 Å². The number of hydrogen-bond acceptors (Lipinski definition) is 3. The monoisotopic (exact) mass is 211 g/mol. The molecule has 2 unspecified atom stereocenters. The van der Waals surface area contributed by atoms with Gasteiger partial charge in [0.15, 0.2) is 0 Å². The molecule has 1 saturated heterocycles. The highest BCUT2D eigenvalue weighted by Gasteiger charge is 2.24. The number of aromatic amines is 1. The molecule has 15 heavy (non-hydrogen) atoms. The Morgan fingerprint density at radius 3 is 3.27 bits per heavy atom. The Bertz CT molecular complexity index is 356. The molecule has 1 aromatic heterocycles. The van der Waals surface area contributed by atoms with E-state index < -0.39 is 0 Å². The predicted octanol–water partition coefficient (Wildman–Crippen LogP) is 1.09. The summed E-state index contributed by atoms with van der Waals surface area (Å²) in [6, 6.07) is 0.251. The zero-order valence-corrected chi connectivity index (χ0v) is 8.98. The molecule has 1 N–H and O–H groups in total. The number of H-pyrrole nitrogens is 1. The highest BCUT2D eigenvalue weighted by atomic mass is 16.5. The average molecular weight is 211 g/mol. The molecule has 1 aliphatic rings. The van der Waals surface area contributed by atoms with Crippen molar-refractivity contribution in [3.63, 3.8) is 0 Å². The molecule has 84 valence electrons. The molecular formula is C10H17N3O2. The predicted molar refractivity (Wildman–Crippen MR) is 55.8 cm³/mol. The number of ether oxygens (including phenoxy) is 1. The van der Waals surface area contributed by atoms with Gasteiger partial charge in [0.1, 0.15) is 6.33 Å². The minimum atomic E-state index is -0.114. The van der Waals surface area contributed by atoms with Crippen LogP contribution in [-0.4, -0.2) is 27.5 Å². The summed E-state index contributed by atoms with van der Waals surface area (Å²) < 4.78 is 7.33. The molecular weight excluding hydrogens is 194 g/mol. The lowest BCUT2D eigenvalue weighted by atomic mass is 10.0. The Balaban J connectivity index is 2.04. The van der Waals surface area contributed by atoms with E-state index in [4.69, 9.17) is 4.74 Å². The van der Waals surface area contributed by atoms with E-state index in [1.807, 2.05) is 0 Å². The van der Waals surface area contributed by atoms with E-state index in [9.17, 15) is 4.79 Å². The number of hydrogen-bond donors (Lipinski definition) is 1. The van der Waals surface area contributed by atoms with Gasteiger partial charge in [-0.3, -0.25) is 4.57 Å². The molecule has 0 bridgehead atoms. The van der Waals surface area contributed by atoms with Crippen LogP contribution in [0.4, 0.5) is 0 Å².